The maximum absolute atomic E-state index is 5.19. The first-order valence-electron chi connectivity index (χ1n) is 5.17. The van der Waals surface area contributed by atoms with Crippen molar-refractivity contribution >= 4 is 15.9 Å². The van der Waals surface area contributed by atoms with Crippen molar-refractivity contribution in [2.24, 2.45) is 0 Å². The van der Waals surface area contributed by atoms with Crippen LogP contribution in [0.5, 0.6) is 5.75 Å². The van der Waals surface area contributed by atoms with Gasteiger partial charge in [0.2, 0.25) is 0 Å². The lowest BCUT2D eigenvalue weighted by Gasteiger charge is -2.16. The van der Waals surface area contributed by atoms with Crippen LogP contribution < -0.4 is 4.74 Å². The minimum absolute atomic E-state index is 0.758. The van der Waals surface area contributed by atoms with Gasteiger partial charge in [-0.05, 0) is 40.7 Å². The summed E-state index contributed by atoms with van der Waals surface area (Å²) in [5, 5.41) is 0. The van der Waals surface area contributed by atoms with Gasteiger partial charge in [0.15, 0.2) is 0 Å². The van der Waals surface area contributed by atoms with Gasteiger partial charge < -0.3 is 9.47 Å². The van der Waals surface area contributed by atoms with Crippen LogP contribution >= 0.6 is 15.9 Å². The highest BCUT2D eigenvalue weighted by atomic mass is 79.9. The Morgan fingerprint density at radius 2 is 2.06 bits per heavy atom. The van der Waals surface area contributed by atoms with Crippen molar-refractivity contribution < 1.29 is 9.47 Å². The lowest BCUT2D eigenvalue weighted by molar-refractivity contribution is 0.158. The summed E-state index contributed by atoms with van der Waals surface area (Å²) in [6.07, 6.45) is 0. The van der Waals surface area contributed by atoms with Gasteiger partial charge in [-0.1, -0.05) is 6.07 Å². The number of halogens is 1. The van der Waals surface area contributed by atoms with Crippen molar-refractivity contribution in [3.05, 3.63) is 28.2 Å². The molecule has 0 unspecified atom stereocenters. The van der Waals surface area contributed by atoms with Crippen molar-refractivity contribution in [1.82, 2.24) is 4.90 Å². The molecule has 0 atom stereocenters. The van der Waals surface area contributed by atoms with E-state index in [0.29, 0.717) is 0 Å². The molecule has 0 saturated carbocycles. The maximum atomic E-state index is 5.19. The molecular formula is C12H18BrNO2. The van der Waals surface area contributed by atoms with Gasteiger partial charge in [0.1, 0.15) is 5.75 Å². The van der Waals surface area contributed by atoms with Crippen LogP contribution in [0.4, 0.5) is 0 Å². The predicted octanol–water partition coefficient (Wildman–Crippen LogP) is 2.54. The fourth-order valence-corrected chi connectivity index (χ4v) is 2.03. The molecule has 0 aromatic heterocycles. The number of hydrogen-bond donors (Lipinski definition) is 0. The molecule has 0 radical (unpaired) electrons. The smallest absolute Gasteiger partial charge is 0.133 e. The first-order chi connectivity index (χ1) is 7.67. The summed E-state index contributed by atoms with van der Waals surface area (Å²) in [4.78, 5) is 2.22. The minimum atomic E-state index is 0.758. The molecule has 0 fully saturated rings. The summed E-state index contributed by atoms with van der Waals surface area (Å²) in [7, 11) is 5.47. The second kappa shape index (κ2) is 6.89. The van der Waals surface area contributed by atoms with Crippen LogP contribution in [-0.2, 0) is 11.3 Å². The van der Waals surface area contributed by atoms with E-state index in [0.717, 1.165) is 29.9 Å². The molecule has 90 valence electrons. The molecule has 16 heavy (non-hydrogen) atoms. The molecule has 1 aromatic rings. The summed E-state index contributed by atoms with van der Waals surface area (Å²) in [6, 6.07) is 6.14. The van der Waals surface area contributed by atoms with Gasteiger partial charge in [0, 0.05) is 20.2 Å². The number of ether oxygens (including phenoxy) is 2. The average Bonchev–Trinajstić information content (AvgIpc) is 2.26. The van der Waals surface area contributed by atoms with Crippen LogP contribution in [0, 0.1) is 0 Å². The van der Waals surface area contributed by atoms with E-state index in [1.54, 1.807) is 14.2 Å². The van der Waals surface area contributed by atoms with E-state index in [9.17, 15) is 0 Å². The molecule has 0 aliphatic heterocycles. The molecule has 1 rings (SSSR count). The highest BCUT2D eigenvalue weighted by Crippen LogP contribution is 2.25. The Kier molecular flexibility index (Phi) is 5.80. The molecule has 0 N–H and O–H groups in total. The molecule has 0 bridgehead atoms. The molecule has 0 spiro atoms. The molecule has 3 nitrogen and oxygen atoms in total. The van der Waals surface area contributed by atoms with Gasteiger partial charge in [0.05, 0.1) is 18.2 Å². The zero-order valence-corrected chi connectivity index (χ0v) is 11.6. The fourth-order valence-electron chi connectivity index (χ4n) is 1.45. The molecule has 4 heteroatoms. The zero-order chi connectivity index (χ0) is 12.0. The lowest BCUT2D eigenvalue weighted by atomic mass is 10.2. The fraction of sp³-hybridized carbons (Fsp3) is 0.500. The normalized spacial score (nSPS) is 10.8. The van der Waals surface area contributed by atoms with E-state index in [1.165, 1.54) is 5.56 Å². The molecular weight excluding hydrogens is 270 g/mol. The SMILES string of the molecule is COCCN(C)Cc1ccc(OC)c(Br)c1. The van der Waals surface area contributed by atoms with Crippen LogP contribution in [0.3, 0.4) is 0 Å². The van der Waals surface area contributed by atoms with Crippen LogP contribution in [-0.4, -0.2) is 39.3 Å². The Hall–Kier alpha value is -0.580. The zero-order valence-electron chi connectivity index (χ0n) is 10.00. The van der Waals surface area contributed by atoms with Crippen LogP contribution in [0.2, 0.25) is 0 Å². The highest BCUT2D eigenvalue weighted by Gasteiger charge is 2.04. The minimum Gasteiger partial charge on any atom is -0.496 e. The molecule has 0 aliphatic rings. The van der Waals surface area contributed by atoms with Gasteiger partial charge >= 0.3 is 0 Å². The average molecular weight is 288 g/mol. The molecule has 0 saturated heterocycles. The summed E-state index contributed by atoms with van der Waals surface area (Å²) >= 11 is 3.48. The second-order valence-electron chi connectivity index (χ2n) is 3.70. The quantitative estimate of drug-likeness (QED) is 0.803. The van der Waals surface area contributed by atoms with Crippen molar-refractivity contribution in [3.8, 4) is 5.75 Å². The van der Waals surface area contributed by atoms with E-state index < -0.39 is 0 Å². The topological polar surface area (TPSA) is 21.7 Å². The Morgan fingerprint density at radius 1 is 1.31 bits per heavy atom. The Morgan fingerprint density at radius 3 is 2.62 bits per heavy atom. The van der Waals surface area contributed by atoms with Gasteiger partial charge in [-0.25, -0.2) is 0 Å². The highest BCUT2D eigenvalue weighted by molar-refractivity contribution is 9.10. The van der Waals surface area contributed by atoms with Crippen molar-refractivity contribution in [2.75, 3.05) is 34.4 Å². The third-order valence-corrected chi connectivity index (χ3v) is 2.97. The van der Waals surface area contributed by atoms with E-state index in [2.05, 4.69) is 40.0 Å². The van der Waals surface area contributed by atoms with Gasteiger partial charge in [0.25, 0.3) is 0 Å². The molecule has 1 aromatic carbocycles. The van der Waals surface area contributed by atoms with E-state index in [1.807, 2.05) is 6.07 Å². The van der Waals surface area contributed by atoms with Gasteiger partial charge in [-0.3, -0.25) is 4.90 Å². The predicted molar refractivity (Wildman–Crippen MR) is 68.9 cm³/mol. The van der Waals surface area contributed by atoms with E-state index in [4.69, 9.17) is 9.47 Å². The van der Waals surface area contributed by atoms with E-state index >= 15 is 0 Å². The summed E-state index contributed by atoms with van der Waals surface area (Å²) in [5.41, 5.74) is 1.26. The van der Waals surface area contributed by atoms with E-state index in [-0.39, 0.29) is 0 Å². The van der Waals surface area contributed by atoms with Crippen LogP contribution in [0.1, 0.15) is 5.56 Å². The maximum Gasteiger partial charge on any atom is 0.133 e. The molecule has 0 heterocycles. The summed E-state index contributed by atoms with van der Waals surface area (Å²) < 4.78 is 11.2. The first-order valence-corrected chi connectivity index (χ1v) is 5.96. The van der Waals surface area contributed by atoms with Crippen molar-refractivity contribution in [1.29, 1.82) is 0 Å². The largest absolute Gasteiger partial charge is 0.496 e. The van der Waals surface area contributed by atoms with Crippen LogP contribution in [0.25, 0.3) is 0 Å². The third-order valence-electron chi connectivity index (χ3n) is 2.35. The first kappa shape index (κ1) is 13.5. The van der Waals surface area contributed by atoms with Crippen LogP contribution in [0.15, 0.2) is 22.7 Å². The number of rotatable bonds is 6. The third kappa shape index (κ3) is 4.12. The number of methoxy groups -OCH3 is 2. The molecule has 0 amide bonds. The van der Waals surface area contributed by atoms with Gasteiger partial charge in [-0.15, -0.1) is 0 Å². The molecule has 0 aliphatic carbocycles. The number of likely N-dealkylation sites (N-methyl/N-ethyl adjacent to an activating group) is 1. The number of nitrogens with zero attached hydrogens (tertiary/aromatic N) is 1. The van der Waals surface area contributed by atoms with Crippen molar-refractivity contribution in [3.63, 3.8) is 0 Å². The van der Waals surface area contributed by atoms with Gasteiger partial charge in [-0.2, -0.15) is 0 Å². The Labute approximate surface area is 105 Å². The number of hydrogen-bond acceptors (Lipinski definition) is 3. The summed E-state index contributed by atoms with van der Waals surface area (Å²) in [6.45, 7) is 2.60. The van der Waals surface area contributed by atoms with Crippen molar-refractivity contribution in [2.45, 2.75) is 6.54 Å². The lowest BCUT2D eigenvalue weighted by Crippen LogP contribution is -2.22. The summed E-state index contributed by atoms with van der Waals surface area (Å²) in [5.74, 6) is 0.864. The Balaban J connectivity index is 2.57. The number of benzene rings is 1. The Bertz CT molecular complexity index is 331. The standard InChI is InChI=1S/C12H18BrNO2/c1-14(6-7-15-2)9-10-4-5-12(16-3)11(13)8-10/h4-5,8H,6-7,9H2,1-3H3. The monoisotopic (exact) mass is 287 g/mol. The second-order valence-corrected chi connectivity index (χ2v) is 4.55.